The molecule has 3 aromatic carbocycles. The number of ether oxygens (including phenoxy) is 2. The van der Waals surface area contributed by atoms with Crippen LogP contribution >= 0.6 is 0 Å². The maximum Gasteiger partial charge on any atom is 0.268 e. The predicted molar refractivity (Wildman–Crippen MR) is 122 cm³/mol. The van der Waals surface area contributed by atoms with Crippen LogP contribution in [-0.4, -0.2) is 25.3 Å². The summed E-state index contributed by atoms with van der Waals surface area (Å²) in [7, 11) is -3.85. The van der Waals surface area contributed by atoms with E-state index in [0.717, 1.165) is 23.8 Å². The van der Waals surface area contributed by atoms with E-state index in [-0.39, 0.29) is 23.0 Å². The normalized spacial score (nSPS) is 22.7. The van der Waals surface area contributed by atoms with Crippen LogP contribution in [-0.2, 0) is 14.8 Å². The van der Waals surface area contributed by atoms with Crippen LogP contribution in [0.2, 0.25) is 0 Å². The Morgan fingerprint density at radius 3 is 2.31 bits per heavy atom. The van der Waals surface area contributed by atoms with Crippen LogP contribution in [0.25, 0.3) is 10.9 Å². The highest BCUT2D eigenvalue weighted by Gasteiger charge is 2.46. The minimum atomic E-state index is -3.85. The van der Waals surface area contributed by atoms with Crippen LogP contribution in [0.1, 0.15) is 30.0 Å². The first-order valence-electron chi connectivity index (χ1n) is 10.9. The first kappa shape index (κ1) is 19.6. The molecule has 1 fully saturated rings. The lowest BCUT2D eigenvalue weighted by molar-refractivity contribution is -0.153. The largest absolute Gasteiger partial charge is 0.462 e. The van der Waals surface area contributed by atoms with Crippen molar-refractivity contribution < 1.29 is 17.9 Å². The van der Waals surface area contributed by atoms with Gasteiger partial charge in [-0.3, -0.25) is 0 Å². The summed E-state index contributed by atoms with van der Waals surface area (Å²) in [5.41, 5.74) is 2.39. The molecule has 5 nitrogen and oxygen atoms in total. The van der Waals surface area contributed by atoms with Gasteiger partial charge in [-0.2, -0.15) is 0 Å². The van der Waals surface area contributed by atoms with Gasteiger partial charge in [0.25, 0.3) is 10.0 Å². The molecule has 0 unspecified atom stereocenters. The molecule has 3 atom stereocenters. The van der Waals surface area contributed by atoms with Gasteiger partial charge >= 0.3 is 0 Å². The lowest BCUT2D eigenvalue weighted by Crippen LogP contribution is -2.42. The quantitative estimate of drug-likeness (QED) is 0.437. The molecule has 2 aliphatic rings. The number of aromatic nitrogens is 1. The molecule has 162 valence electrons. The van der Waals surface area contributed by atoms with Crippen molar-refractivity contribution in [2.24, 2.45) is 5.92 Å². The third-order valence-corrected chi connectivity index (χ3v) is 8.27. The van der Waals surface area contributed by atoms with E-state index >= 15 is 0 Å². The van der Waals surface area contributed by atoms with Gasteiger partial charge in [0.2, 0.25) is 6.29 Å². The Morgan fingerprint density at radius 1 is 0.844 bits per heavy atom. The molecular weight excluding hydrogens is 422 g/mol. The Bertz CT molecular complexity index is 1380. The number of rotatable bonds is 3. The lowest BCUT2D eigenvalue weighted by Gasteiger charge is -2.41. The molecule has 1 saturated heterocycles. The summed E-state index contributed by atoms with van der Waals surface area (Å²) in [6.45, 7) is 0.652. The molecule has 4 aromatic rings. The van der Waals surface area contributed by atoms with Gasteiger partial charge in [0.15, 0.2) is 5.75 Å². The lowest BCUT2D eigenvalue weighted by atomic mass is 9.78. The summed E-state index contributed by atoms with van der Waals surface area (Å²) in [5, 5.41) is 0.788. The summed E-state index contributed by atoms with van der Waals surface area (Å²) in [6.07, 6.45) is 1.45. The van der Waals surface area contributed by atoms with E-state index in [1.165, 1.54) is 3.97 Å². The zero-order chi connectivity index (χ0) is 21.7. The Balaban J connectivity index is 1.70. The molecule has 0 bridgehead atoms. The Morgan fingerprint density at radius 2 is 1.53 bits per heavy atom. The Kier molecular flexibility index (Phi) is 4.59. The van der Waals surface area contributed by atoms with Crippen molar-refractivity contribution in [1.29, 1.82) is 0 Å². The van der Waals surface area contributed by atoms with Crippen LogP contribution in [0.5, 0.6) is 5.75 Å². The molecule has 0 radical (unpaired) electrons. The maximum atomic E-state index is 14.0. The van der Waals surface area contributed by atoms with Crippen LogP contribution in [0.3, 0.4) is 0 Å². The summed E-state index contributed by atoms with van der Waals surface area (Å²) < 4.78 is 41.9. The van der Waals surface area contributed by atoms with Crippen molar-refractivity contribution in [3.8, 4) is 5.75 Å². The molecule has 0 saturated carbocycles. The van der Waals surface area contributed by atoms with Crippen molar-refractivity contribution >= 4 is 20.9 Å². The second kappa shape index (κ2) is 7.50. The van der Waals surface area contributed by atoms with Gasteiger partial charge in [-0.1, -0.05) is 60.7 Å². The van der Waals surface area contributed by atoms with Gasteiger partial charge in [-0.25, -0.2) is 12.4 Å². The molecule has 0 spiro atoms. The fourth-order valence-electron chi connectivity index (χ4n) is 5.16. The first-order chi connectivity index (χ1) is 15.7. The number of hydrogen-bond donors (Lipinski definition) is 0. The number of para-hydroxylation sites is 1. The van der Waals surface area contributed by atoms with Crippen LogP contribution in [0.15, 0.2) is 89.8 Å². The summed E-state index contributed by atoms with van der Waals surface area (Å²) in [6, 6.07) is 26.3. The van der Waals surface area contributed by atoms with Crippen molar-refractivity contribution in [1.82, 2.24) is 3.97 Å². The highest BCUT2D eigenvalue weighted by Crippen LogP contribution is 2.52. The van der Waals surface area contributed by atoms with Crippen molar-refractivity contribution in [2.45, 2.75) is 29.9 Å². The van der Waals surface area contributed by atoms with Crippen LogP contribution < -0.4 is 4.74 Å². The highest BCUT2D eigenvalue weighted by atomic mass is 32.2. The number of fused-ring (bicyclic) bond motifs is 4. The minimum Gasteiger partial charge on any atom is -0.462 e. The molecule has 3 heterocycles. The number of hydrogen-bond acceptors (Lipinski definition) is 4. The Hall–Kier alpha value is -3.09. The first-order valence-corrected chi connectivity index (χ1v) is 12.4. The molecule has 2 aliphatic heterocycles. The minimum absolute atomic E-state index is 0.0349. The molecular formula is C26H23NO4S. The zero-order valence-corrected chi connectivity index (χ0v) is 18.2. The van der Waals surface area contributed by atoms with Gasteiger partial charge in [-0.15, -0.1) is 0 Å². The summed E-state index contributed by atoms with van der Waals surface area (Å²) >= 11 is 0. The predicted octanol–water partition coefficient (Wildman–Crippen LogP) is 5.16. The number of benzene rings is 3. The average Bonchev–Trinajstić information content (AvgIpc) is 3.18. The third-order valence-electron chi connectivity index (χ3n) is 6.53. The number of nitrogens with zero attached hydrogens (tertiary/aromatic N) is 1. The Labute approximate surface area is 187 Å². The average molecular weight is 446 g/mol. The molecule has 6 rings (SSSR count). The molecule has 6 heteroatoms. The molecule has 1 aromatic heterocycles. The molecule has 32 heavy (non-hydrogen) atoms. The van der Waals surface area contributed by atoms with E-state index in [2.05, 4.69) is 12.1 Å². The standard InChI is InChI=1S/C26H23NO4S/c28-32(29,19-12-5-2-6-13-19)27-22-16-8-7-14-20(22)25-24(27)23(18-10-3-1-4-11-18)21-15-9-17-30-26(21)31-25/h1-8,10-14,16,21,23,26H,9,15,17H2/t21-,23-,26+/m1/s1. The van der Waals surface area contributed by atoms with E-state index in [9.17, 15) is 8.42 Å². The smallest absolute Gasteiger partial charge is 0.268 e. The SMILES string of the molecule is O=S(=O)(c1ccccc1)n1c2c(c3ccccc31)O[C@@H]1OCCC[C@@H]1[C@H]2c1ccccc1. The van der Waals surface area contributed by atoms with Gasteiger partial charge in [0.05, 0.1) is 22.7 Å². The molecule has 0 N–H and O–H groups in total. The van der Waals surface area contributed by atoms with E-state index in [4.69, 9.17) is 9.47 Å². The van der Waals surface area contributed by atoms with E-state index in [1.807, 2.05) is 48.5 Å². The summed E-state index contributed by atoms with van der Waals surface area (Å²) in [4.78, 5) is 0.261. The van der Waals surface area contributed by atoms with Crippen LogP contribution in [0, 0.1) is 5.92 Å². The molecule has 0 aliphatic carbocycles. The van der Waals surface area contributed by atoms with E-state index < -0.39 is 10.0 Å². The fraction of sp³-hybridized carbons (Fsp3) is 0.231. The monoisotopic (exact) mass is 445 g/mol. The van der Waals surface area contributed by atoms with Crippen LogP contribution in [0.4, 0.5) is 0 Å². The van der Waals surface area contributed by atoms with Crippen molar-refractivity contribution in [2.75, 3.05) is 6.61 Å². The topological polar surface area (TPSA) is 57.5 Å². The second-order valence-electron chi connectivity index (χ2n) is 8.37. The van der Waals surface area contributed by atoms with Gasteiger partial charge < -0.3 is 9.47 Å². The van der Waals surface area contributed by atoms with E-state index in [1.54, 1.807) is 24.3 Å². The van der Waals surface area contributed by atoms with E-state index in [0.29, 0.717) is 23.6 Å². The zero-order valence-electron chi connectivity index (χ0n) is 17.4. The third kappa shape index (κ3) is 2.90. The molecule has 0 amide bonds. The summed E-state index contributed by atoms with van der Waals surface area (Å²) in [5.74, 6) is 0.487. The van der Waals surface area contributed by atoms with Crippen molar-refractivity contribution in [3.63, 3.8) is 0 Å². The maximum absolute atomic E-state index is 14.0. The second-order valence-corrected chi connectivity index (χ2v) is 10.2. The van der Waals surface area contributed by atoms with Crippen molar-refractivity contribution in [3.05, 3.63) is 96.2 Å². The van der Waals surface area contributed by atoms with Gasteiger partial charge in [0.1, 0.15) is 0 Å². The fourth-order valence-corrected chi connectivity index (χ4v) is 6.74. The van der Waals surface area contributed by atoms with Gasteiger partial charge in [0, 0.05) is 17.2 Å². The highest BCUT2D eigenvalue weighted by molar-refractivity contribution is 7.90. The van der Waals surface area contributed by atoms with Gasteiger partial charge in [-0.05, 0) is 42.7 Å².